The van der Waals surface area contributed by atoms with Crippen LogP contribution >= 0.6 is 34.8 Å². The molecule has 2 atom stereocenters. The maximum Gasteiger partial charge on any atom is 0.343 e. The fraction of sp³-hybridized carbons (Fsp3) is 0.407. The Morgan fingerprint density at radius 1 is 1.35 bits per heavy atom. The first-order chi connectivity index (χ1) is 17.6. The van der Waals surface area contributed by atoms with Gasteiger partial charge in [-0.1, -0.05) is 41.7 Å². The van der Waals surface area contributed by atoms with Gasteiger partial charge in [0, 0.05) is 29.6 Å². The van der Waals surface area contributed by atoms with Gasteiger partial charge in [0.1, 0.15) is 12.4 Å². The van der Waals surface area contributed by atoms with Crippen molar-refractivity contribution in [3.05, 3.63) is 61.7 Å². The van der Waals surface area contributed by atoms with Crippen LogP contribution in [-0.2, 0) is 34.7 Å². The van der Waals surface area contributed by atoms with Crippen LogP contribution in [0.15, 0.2) is 16.9 Å². The number of hydrogen-bond acceptors (Lipinski definition) is 6. The molecule has 2 aliphatic heterocycles. The average Bonchev–Trinajstić information content (AvgIpc) is 3.27. The number of cyclic esters (lactones) is 1. The number of halogens is 2. The number of rotatable bonds is 3. The summed E-state index contributed by atoms with van der Waals surface area (Å²) < 4.78 is 22.5. The Morgan fingerprint density at radius 3 is 2.81 bits per heavy atom. The van der Waals surface area contributed by atoms with Crippen LogP contribution in [0.3, 0.4) is 0 Å². The zero-order valence-corrected chi connectivity index (χ0v) is 23.6. The Labute approximate surface area is 231 Å². The van der Waals surface area contributed by atoms with Gasteiger partial charge in [0.05, 0.1) is 44.5 Å². The van der Waals surface area contributed by atoms with Crippen LogP contribution in [0.1, 0.15) is 59.2 Å². The van der Waals surface area contributed by atoms with Gasteiger partial charge in [0.15, 0.2) is 5.60 Å². The molecule has 192 valence electrons. The van der Waals surface area contributed by atoms with E-state index in [2.05, 4.69) is 27.5 Å². The summed E-state index contributed by atoms with van der Waals surface area (Å²) in [5, 5.41) is 12.1. The molecule has 7 nitrogen and oxygen atoms in total. The minimum absolute atomic E-state index is 0.0454. The lowest BCUT2D eigenvalue weighted by Crippen LogP contribution is -2.44. The lowest BCUT2D eigenvalue weighted by Gasteiger charge is -2.36. The fourth-order valence-corrected chi connectivity index (χ4v) is 6.85. The topological polar surface area (TPSA) is 84.7 Å². The number of alkyl halides is 1. The molecule has 0 bridgehead atoms. The van der Waals surface area contributed by atoms with Gasteiger partial charge in [-0.3, -0.25) is 4.79 Å². The third-order valence-electron chi connectivity index (χ3n) is 8.32. The maximum absolute atomic E-state index is 15.0. The first-order valence-corrected chi connectivity index (χ1v) is 14.2. The second-order valence-corrected chi connectivity index (χ2v) is 11.2. The van der Waals surface area contributed by atoms with Crippen LogP contribution in [0, 0.1) is 12.7 Å². The van der Waals surface area contributed by atoms with E-state index in [9.17, 15) is 14.7 Å². The second kappa shape index (κ2) is 8.54. The van der Waals surface area contributed by atoms with Crippen LogP contribution in [0.25, 0.3) is 22.3 Å². The third-order valence-corrected chi connectivity index (χ3v) is 10.00. The SMILES string of the molecule is CC[C@@]1(O)C(=O)OCc2c1cc1n(c2=O)Cc2c-1nc1cc(F)c(C)c3c1c2[C@@H](N(C)C(=S)CI)CC3. The van der Waals surface area contributed by atoms with Crippen molar-refractivity contribution in [1.82, 2.24) is 14.5 Å². The molecule has 37 heavy (non-hydrogen) atoms. The Morgan fingerprint density at radius 2 is 2.11 bits per heavy atom. The Kier molecular flexibility index (Phi) is 5.74. The zero-order valence-electron chi connectivity index (χ0n) is 20.7. The van der Waals surface area contributed by atoms with Crippen molar-refractivity contribution >= 4 is 56.7 Å². The van der Waals surface area contributed by atoms with Gasteiger partial charge in [0.25, 0.3) is 5.56 Å². The van der Waals surface area contributed by atoms with Crippen LogP contribution in [0.4, 0.5) is 4.39 Å². The molecule has 2 aromatic heterocycles. The summed E-state index contributed by atoms with van der Waals surface area (Å²) in [4.78, 5) is 34.0. The summed E-state index contributed by atoms with van der Waals surface area (Å²) in [5.41, 5.74) is 3.47. The zero-order chi connectivity index (χ0) is 26.4. The number of carbonyl (C=O) groups excluding carboxylic acids is 1. The van der Waals surface area contributed by atoms with E-state index < -0.39 is 11.6 Å². The molecule has 10 heteroatoms. The molecule has 1 N–H and O–H groups in total. The molecule has 0 fully saturated rings. The molecule has 0 spiro atoms. The average molecular weight is 633 g/mol. The number of thiocarbonyl (C=S) groups is 1. The number of benzene rings is 1. The van der Waals surface area contributed by atoms with Crippen molar-refractivity contribution in [3.8, 4) is 11.4 Å². The number of aryl methyl sites for hydroxylation is 1. The molecule has 6 rings (SSSR count). The predicted molar refractivity (Wildman–Crippen MR) is 150 cm³/mol. The molecule has 0 unspecified atom stereocenters. The van der Waals surface area contributed by atoms with Crippen LogP contribution in [0.2, 0.25) is 0 Å². The first-order valence-electron chi connectivity index (χ1n) is 12.3. The summed E-state index contributed by atoms with van der Waals surface area (Å²) in [6.45, 7) is 3.59. The van der Waals surface area contributed by atoms with E-state index in [4.69, 9.17) is 21.9 Å². The minimum atomic E-state index is -1.90. The molecule has 0 radical (unpaired) electrons. The van der Waals surface area contributed by atoms with Gasteiger partial charge < -0.3 is 19.3 Å². The normalized spacial score (nSPS) is 21.4. The highest BCUT2D eigenvalue weighted by Crippen LogP contribution is 2.47. The highest BCUT2D eigenvalue weighted by molar-refractivity contribution is 14.1. The molecule has 1 aromatic carbocycles. The molecule has 0 saturated heterocycles. The number of ether oxygens (including phenoxy) is 1. The Hall–Kier alpha value is -2.44. The molecule has 0 amide bonds. The highest BCUT2D eigenvalue weighted by atomic mass is 127. The van der Waals surface area contributed by atoms with E-state index in [0.717, 1.165) is 33.5 Å². The lowest BCUT2D eigenvalue weighted by molar-refractivity contribution is -0.172. The van der Waals surface area contributed by atoms with Crippen molar-refractivity contribution in [1.29, 1.82) is 0 Å². The smallest absolute Gasteiger partial charge is 0.343 e. The predicted octanol–water partition coefficient (Wildman–Crippen LogP) is 4.21. The van der Waals surface area contributed by atoms with Crippen LogP contribution in [-0.4, -0.2) is 42.0 Å². The minimum Gasteiger partial charge on any atom is -0.458 e. The summed E-state index contributed by atoms with van der Waals surface area (Å²) in [5.74, 6) is -1.07. The number of carbonyl (C=O) groups is 1. The second-order valence-electron chi connectivity index (χ2n) is 10.0. The summed E-state index contributed by atoms with van der Waals surface area (Å²) in [6, 6.07) is 3.12. The van der Waals surface area contributed by atoms with Crippen molar-refractivity contribution in [2.45, 2.75) is 57.9 Å². The van der Waals surface area contributed by atoms with E-state index in [1.54, 1.807) is 24.5 Å². The van der Waals surface area contributed by atoms with Crippen LogP contribution in [0.5, 0.6) is 0 Å². The number of pyridine rings is 2. The summed E-state index contributed by atoms with van der Waals surface area (Å²) >= 11 is 7.92. The lowest BCUT2D eigenvalue weighted by atomic mass is 9.81. The number of hydrogen-bond donors (Lipinski definition) is 1. The standard InChI is InChI=1S/C27H25FIN3O4S/c1-4-27(35)16-7-20-24-14(10-32(20)25(33)15(16)11-36-26(27)34)23-19(31(3)21(37)9-29)6-5-13-12(2)17(28)8-18(30-24)22(13)23/h7-8,19,35H,4-6,9-11H2,1-3H3/t19-,27-/m0/s1. The number of esters is 1. The van der Waals surface area contributed by atoms with E-state index in [-0.39, 0.29) is 41.6 Å². The molecule has 0 saturated carbocycles. The maximum atomic E-state index is 15.0. The van der Waals surface area contributed by atoms with E-state index >= 15 is 4.39 Å². The quantitative estimate of drug-likeness (QED) is 0.157. The number of fused-ring (bicyclic) bond motifs is 5. The molecule has 3 aromatic rings. The summed E-state index contributed by atoms with van der Waals surface area (Å²) in [7, 11) is 1.99. The largest absolute Gasteiger partial charge is 0.458 e. The van der Waals surface area contributed by atoms with Gasteiger partial charge in [0.2, 0.25) is 0 Å². The third kappa shape index (κ3) is 3.31. The first kappa shape index (κ1) is 24.9. The molecule has 1 aliphatic carbocycles. The van der Waals surface area contributed by atoms with Gasteiger partial charge >= 0.3 is 5.97 Å². The van der Waals surface area contributed by atoms with Gasteiger partial charge in [-0.25, -0.2) is 14.2 Å². The van der Waals surface area contributed by atoms with Crippen molar-refractivity contribution in [3.63, 3.8) is 0 Å². The Bertz CT molecular complexity index is 1620. The number of aromatic nitrogens is 2. The number of aliphatic hydroxyl groups is 1. The van der Waals surface area contributed by atoms with E-state index in [1.165, 1.54) is 6.07 Å². The monoisotopic (exact) mass is 633 g/mol. The molecule has 3 aliphatic rings. The number of nitrogens with zero attached hydrogens (tertiary/aromatic N) is 3. The highest BCUT2D eigenvalue weighted by Gasteiger charge is 2.46. The fourth-order valence-electron chi connectivity index (χ4n) is 6.19. The summed E-state index contributed by atoms with van der Waals surface area (Å²) in [6.07, 6.45) is 1.53. The molecular weight excluding hydrogens is 608 g/mol. The van der Waals surface area contributed by atoms with Crippen molar-refractivity contribution in [2.24, 2.45) is 0 Å². The van der Waals surface area contributed by atoms with Crippen molar-refractivity contribution in [2.75, 3.05) is 11.5 Å². The van der Waals surface area contributed by atoms with Crippen LogP contribution < -0.4 is 5.56 Å². The Balaban J connectivity index is 1.68. The molecule has 4 heterocycles. The van der Waals surface area contributed by atoms with Crippen molar-refractivity contribution < 1.29 is 19.0 Å². The van der Waals surface area contributed by atoms with Gasteiger partial charge in [-0.15, -0.1) is 0 Å². The molecular formula is C27H25FIN3O4S. The van der Waals surface area contributed by atoms with Gasteiger partial charge in [-0.2, -0.15) is 0 Å². The van der Waals surface area contributed by atoms with E-state index in [0.29, 0.717) is 39.9 Å². The van der Waals surface area contributed by atoms with Gasteiger partial charge in [-0.05, 0) is 48.9 Å². The van der Waals surface area contributed by atoms with E-state index in [1.807, 2.05) is 7.05 Å².